The smallest absolute Gasteiger partial charge is 0.234 e. The summed E-state index contributed by atoms with van der Waals surface area (Å²) in [7, 11) is 0. The van der Waals surface area contributed by atoms with Gasteiger partial charge in [-0.15, -0.1) is 0 Å². The average Bonchev–Trinajstić information content (AvgIpc) is 2.22. The molecule has 0 heterocycles. The number of halogens is 1. The van der Waals surface area contributed by atoms with Crippen LogP contribution in [0.1, 0.15) is 0 Å². The maximum absolute atomic E-state index is 11.4. The number of amides is 1. The van der Waals surface area contributed by atoms with Crippen molar-refractivity contribution in [3.63, 3.8) is 0 Å². The molecule has 0 atom stereocenters. The summed E-state index contributed by atoms with van der Waals surface area (Å²) < 4.78 is 0. The van der Waals surface area contributed by atoms with E-state index in [4.69, 9.17) is 17.3 Å². The fourth-order valence-corrected chi connectivity index (χ4v) is 1.75. The number of carbonyl (C=O) groups is 1. The van der Waals surface area contributed by atoms with E-state index in [1.54, 1.807) is 12.1 Å². The number of anilines is 1. The van der Waals surface area contributed by atoms with E-state index in [0.717, 1.165) is 5.75 Å². The van der Waals surface area contributed by atoms with E-state index in [-0.39, 0.29) is 5.91 Å². The molecule has 0 aliphatic carbocycles. The second kappa shape index (κ2) is 6.71. The highest BCUT2D eigenvalue weighted by molar-refractivity contribution is 7.99. The molecule has 0 aliphatic rings. The van der Waals surface area contributed by atoms with E-state index in [9.17, 15) is 4.79 Å². The monoisotopic (exact) mass is 244 g/mol. The molecular weight excluding hydrogens is 232 g/mol. The first-order valence-electron chi connectivity index (χ1n) is 4.56. The van der Waals surface area contributed by atoms with Crippen LogP contribution in [-0.2, 0) is 4.79 Å². The van der Waals surface area contributed by atoms with E-state index in [1.165, 1.54) is 11.8 Å². The average molecular weight is 245 g/mol. The predicted octanol–water partition coefficient (Wildman–Crippen LogP) is 1.97. The zero-order chi connectivity index (χ0) is 11.1. The third-order valence-corrected chi connectivity index (χ3v) is 2.96. The number of hydrogen-bond acceptors (Lipinski definition) is 3. The van der Waals surface area contributed by atoms with Crippen LogP contribution in [0.15, 0.2) is 24.3 Å². The van der Waals surface area contributed by atoms with Crippen molar-refractivity contribution < 1.29 is 4.79 Å². The molecule has 5 heteroatoms. The normalized spacial score (nSPS) is 10.0. The van der Waals surface area contributed by atoms with Gasteiger partial charge in [-0.3, -0.25) is 4.79 Å². The molecule has 0 fully saturated rings. The fraction of sp³-hybridized carbons (Fsp3) is 0.300. The van der Waals surface area contributed by atoms with Gasteiger partial charge in [0.05, 0.1) is 16.5 Å². The molecule has 0 unspecified atom stereocenters. The lowest BCUT2D eigenvalue weighted by Crippen LogP contribution is -2.15. The number of hydrogen-bond donors (Lipinski definition) is 2. The van der Waals surface area contributed by atoms with Gasteiger partial charge in [0.25, 0.3) is 0 Å². The number of rotatable bonds is 5. The van der Waals surface area contributed by atoms with Crippen LogP contribution in [0.5, 0.6) is 0 Å². The van der Waals surface area contributed by atoms with Gasteiger partial charge in [0.1, 0.15) is 0 Å². The summed E-state index contributed by atoms with van der Waals surface area (Å²) in [6.07, 6.45) is 0. The lowest BCUT2D eigenvalue weighted by atomic mass is 10.3. The quantitative estimate of drug-likeness (QED) is 0.779. The molecule has 0 spiro atoms. The zero-order valence-electron chi connectivity index (χ0n) is 8.20. The minimum absolute atomic E-state index is 0.0541. The Kier molecular flexibility index (Phi) is 5.53. The third kappa shape index (κ3) is 4.55. The van der Waals surface area contributed by atoms with Crippen molar-refractivity contribution in [3.05, 3.63) is 29.3 Å². The Morgan fingerprint density at radius 3 is 2.87 bits per heavy atom. The molecule has 1 aromatic carbocycles. The summed E-state index contributed by atoms with van der Waals surface area (Å²) in [5.41, 5.74) is 5.97. The van der Waals surface area contributed by atoms with E-state index >= 15 is 0 Å². The summed E-state index contributed by atoms with van der Waals surface area (Å²) in [4.78, 5) is 11.4. The van der Waals surface area contributed by atoms with Crippen LogP contribution in [0, 0.1) is 0 Å². The van der Waals surface area contributed by atoms with Crippen LogP contribution in [0.25, 0.3) is 0 Å². The van der Waals surface area contributed by atoms with Crippen LogP contribution < -0.4 is 11.1 Å². The van der Waals surface area contributed by atoms with Crippen molar-refractivity contribution in [3.8, 4) is 0 Å². The van der Waals surface area contributed by atoms with E-state index in [1.807, 2.05) is 12.1 Å². The zero-order valence-corrected chi connectivity index (χ0v) is 9.77. The Morgan fingerprint density at radius 1 is 1.47 bits per heavy atom. The first kappa shape index (κ1) is 12.4. The Hall–Kier alpha value is -0.710. The van der Waals surface area contributed by atoms with Crippen LogP contribution in [0.4, 0.5) is 5.69 Å². The van der Waals surface area contributed by atoms with Crippen molar-refractivity contribution in [2.24, 2.45) is 5.73 Å². The minimum atomic E-state index is -0.0541. The van der Waals surface area contributed by atoms with Crippen molar-refractivity contribution in [1.82, 2.24) is 0 Å². The van der Waals surface area contributed by atoms with Gasteiger partial charge in [0.2, 0.25) is 5.91 Å². The molecule has 3 nitrogen and oxygen atoms in total. The summed E-state index contributed by atoms with van der Waals surface area (Å²) >= 11 is 7.39. The summed E-state index contributed by atoms with van der Waals surface area (Å²) in [6, 6.07) is 7.16. The lowest BCUT2D eigenvalue weighted by molar-refractivity contribution is -0.113. The molecule has 1 aromatic rings. The molecular formula is C10H13ClN2OS. The maximum Gasteiger partial charge on any atom is 0.234 e. The van der Waals surface area contributed by atoms with E-state index < -0.39 is 0 Å². The van der Waals surface area contributed by atoms with Crippen LogP contribution in [0.3, 0.4) is 0 Å². The Labute approximate surface area is 98.4 Å². The highest BCUT2D eigenvalue weighted by Gasteiger charge is 2.04. The highest BCUT2D eigenvalue weighted by Crippen LogP contribution is 2.20. The lowest BCUT2D eigenvalue weighted by Gasteiger charge is -2.06. The van der Waals surface area contributed by atoms with Gasteiger partial charge in [-0.1, -0.05) is 23.7 Å². The van der Waals surface area contributed by atoms with Gasteiger partial charge in [-0.25, -0.2) is 0 Å². The molecule has 1 amide bonds. The molecule has 82 valence electrons. The molecule has 1 rings (SSSR count). The topological polar surface area (TPSA) is 55.1 Å². The molecule has 0 saturated heterocycles. The van der Waals surface area contributed by atoms with Gasteiger partial charge in [0.15, 0.2) is 0 Å². The Morgan fingerprint density at radius 2 is 2.20 bits per heavy atom. The molecule has 0 aliphatic heterocycles. The maximum atomic E-state index is 11.4. The molecule has 0 bridgehead atoms. The fourth-order valence-electron chi connectivity index (χ4n) is 0.997. The van der Waals surface area contributed by atoms with Crippen LogP contribution in [-0.4, -0.2) is 24.0 Å². The summed E-state index contributed by atoms with van der Waals surface area (Å²) in [6.45, 7) is 0.587. The second-order valence-electron chi connectivity index (χ2n) is 2.87. The van der Waals surface area contributed by atoms with E-state index in [2.05, 4.69) is 5.32 Å². The van der Waals surface area contributed by atoms with E-state index in [0.29, 0.717) is 23.0 Å². The van der Waals surface area contributed by atoms with Gasteiger partial charge in [-0.2, -0.15) is 11.8 Å². The van der Waals surface area contributed by atoms with Crippen molar-refractivity contribution in [1.29, 1.82) is 0 Å². The van der Waals surface area contributed by atoms with Gasteiger partial charge >= 0.3 is 0 Å². The number of thioether (sulfide) groups is 1. The SMILES string of the molecule is NCCSCC(=O)Nc1ccccc1Cl. The van der Waals surface area contributed by atoms with Gasteiger partial charge in [0, 0.05) is 12.3 Å². The molecule has 0 aromatic heterocycles. The summed E-state index contributed by atoms with van der Waals surface area (Å²) in [5, 5.41) is 3.29. The largest absolute Gasteiger partial charge is 0.330 e. The number of para-hydroxylation sites is 1. The van der Waals surface area contributed by atoms with Crippen molar-refractivity contribution >= 4 is 35.0 Å². The van der Waals surface area contributed by atoms with Gasteiger partial charge < -0.3 is 11.1 Å². The predicted molar refractivity (Wildman–Crippen MR) is 66.5 cm³/mol. The Bertz CT molecular complexity index is 333. The molecule has 0 radical (unpaired) electrons. The Balaban J connectivity index is 2.41. The number of nitrogens with two attached hydrogens (primary N) is 1. The second-order valence-corrected chi connectivity index (χ2v) is 4.38. The van der Waals surface area contributed by atoms with Crippen molar-refractivity contribution in [2.75, 3.05) is 23.4 Å². The minimum Gasteiger partial charge on any atom is -0.330 e. The molecule has 0 saturated carbocycles. The van der Waals surface area contributed by atoms with Crippen LogP contribution in [0.2, 0.25) is 5.02 Å². The van der Waals surface area contributed by atoms with Crippen LogP contribution >= 0.6 is 23.4 Å². The van der Waals surface area contributed by atoms with Crippen molar-refractivity contribution in [2.45, 2.75) is 0 Å². The third-order valence-electron chi connectivity index (χ3n) is 1.64. The first-order chi connectivity index (χ1) is 7.24. The van der Waals surface area contributed by atoms with Gasteiger partial charge in [-0.05, 0) is 12.1 Å². The summed E-state index contributed by atoms with van der Waals surface area (Å²) in [5.74, 6) is 1.14. The molecule has 3 N–H and O–H groups in total. The number of carbonyl (C=O) groups excluding carboxylic acids is 1. The first-order valence-corrected chi connectivity index (χ1v) is 6.09. The highest BCUT2D eigenvalue weighted by atomic mass is 35.5. The standard InChI is InChI=1S/C10H13ClN2OS/c11-8-3-1-2-4-9(8)13-10(14)7-15-6-5-12/h1-4H,5-7,12H2,(H,13,14). The number of nitrogens with one attached hydrogen (secondary N) is 1. The number of benzene rings is 1. The molecule has 15 heavy (non-hydrogen) atoms.